The predicted molar refractivity (Wildman–Crippen MR) is 82.8 cm³/mol. The number of nitrogens with one attached hydrogen (secondary N) is 1. The van der Waals surface area contributed by atoms with Gasteiger partial charge in [-0.2, -0.15) is 0 Å². The molecule has 4 nitrogen and oxygen atoms in total. The average Bonchev–Trinajstić information content (AvgIpc) is 2.79. The highest BCUT2D eigenvalue weighted by Crippen LogP contribution is 2.40. The van der Waals surface area contributed by atoms with Crippen molar-refractivity contribution < 1.29 is 14.6 Å². The second-order valence-corrected chi connectivity index (χ2v) is 5.95. The van der Waals surface area contributed by atoms with Crippen LogP contribution in [0.15, 0.2) is 18.2 Å². The molecule has 0 saturated heterocycles. The highest BCUT2D eigenvalue weighted by Gasteiger charge is 2.31. The van der Waals surface area contributed by atoms with E-state index in [-0.39, 0.29) is 24.5 Å². The normalized spacial score (nSPS) is 20.8. The van der Waals surface area contributed by atoms with E-state index in [9.17, 15) is 9.90 Å². The Balaban J connectivity index is 2.15. The topological polar surface area (TPSA) is 58.6 Å². The monoisotopic (exact) mass is 291 g/mol. The molecule has 0 aromatic heterocycles. The fraction of sp³-hybridized carbons (Fsp3) is 0.588. The van der Waals surface area contributed by atoms with Crippen LogP contribution in [0.2, 0.25) is 0 Å². The summed E-state index contributed by atoms with van der Waals surface area (Å²) < 4.78 is 5.83. The number of carbonyl (C=O) groups is 1. The van der Waals surface area contributed by atoms with Crippen molar-refractivity contribution in [3.63, 3.8) is 0 Å². The Hall–Kier alpha value is -1.55. The van der Waals surface area contributed by atoms with E-state index in [0.29, 0.717) is 24.2 Å². The Bertz CT molecular complexity index is 523. The summed E-state index contributed by atoms with van der Waals surface area (Å²) in [6.07, 6.45) is 1.31. The van der Waals surface area contributed by atoms with Crippen molar-refractivity contribution in [2.75, 3.05) is 6.54 Å². The summed E-state index contributed by atoms with van der Waals surface area (Å²) in [5.74, 6) is 0.788. The summed E-state index contributed by atoms with van der Waals surface area (Å²) in [7, 11) is 0. The lowest BCUT2D eigenvalue weighted by Gasteiger charge is -2.25. The molecule has 0 saturated carbocycles. The molecule has 1 aromatic rings. The van der Waals surface area contributed by atoms with Crippen LogP contribution in [0.25, 0.3) is 0 Å². The van der Waals surface area contributed by atoms with Crippen LogP contribution in [0.4, 0.5) is 0 Å². The number of amides is 1. The van der Waals surface area contributed by atoms with Gasteiger partial charge in [0.1, 0.15) is 11.9 Å². The smallest absolute Gasteiger partial charge is 0.255 e. The van der Waals surface area contributed by atoms with E-state index >= 15 is 0 Å². The van der Waals surface area contributed by atoms with Gasteiger partial charge in [-0.1, -0.05) is 32.9 Å². The Morgan fingerprint density at radius 3 is 2.62 bits per heavy atom. The first-order chi connectivity index (χ1) is 9.91. The van der Waals surface area contributed by atoms with Crippen LogP contribution in [0, 0.1) is 0 Å². The zero-order valence-electron chi connectivity index (χ0n) is 13.3. The van der Waals surface area contributed by atoms with Gasteiger partial charge in [0, 0.05) is 18.0 Å². The Morgan fingerprint density at radius 1 is 1.33 bits per heavy atom. The second kappa shape index (κ2) is 6.06. The van der Waals surface area contributed by atoms with E-state index in [0.717, 1.165) is 5.56 Å². The maximum absolute atomic E-state index is 12.4. The summed E-state index contributed by atoms with van der Waals surface area (Å²) in [6.45, 7) is 8.21. The zero-order valence-corrected chi connectivity index (χ0v) is 13.3. The zero-order chi connectivity index (χ0) is 15.6. The van der Waals surface area contributed by atoms with Crippen molar-refractivity contribution in [2.24, 2.45) is 0 Å². The molecule has 1 aromatic carbocycles. The molecule has 0 bridgehead atoms. The summed E-state index contributed by atoms with van der Waals surface area (Å²) >= 11 is 0. The van der Waals surface area contributed by atoms with Gasteiger partial charge >= 0.3 is 0 Å². The summed E-state index contributed by atoms with van der Waals surface area (Å²) in [6, 6.07) is 5.67. The molecule has 0 aliphatic carbocycles. The third-order valence-electron chi connectivity index (χ3n) is 4.68. The summed E-state index contributed by atoms with van der Waals surface area (Å²) in [4.78, 5) is 12.4. The minimum absolute atomic E-state index is 0.0807. The van der Waals surface area contributed by atoms with E-state index in [4.69, 9.17) is 4.74 Å². The fourth-order valence-electron chi connectivity index (χ4n) is 2.60. The van der Waals surface area contributed by atoms with E-state index in [2.05, 4.69) is 12.2 Å². The van der Waals surface area contributed by atoms with Gasteiger partial charge in [-0.15, -0.1) is 0 Å². The van der Waals surface area contributed by atoms with Gasteiger partial charge in [0.2, 0.25) is 0 Å². The van der Waals surface area contributed by atoms with Crippen LogP contribution in [0.3, 0.4) is 0 Å². The highest BCUT2D eigenvalue weighted by atomic mass is 16.5. The number of carbonyl (C=O) groups excluding carboxylic acids is 1. The third-order valence-corrected chi connectivity index (χ3v) is 4.68. The maximum Gasteiger partial charge on any atom is 0.255 e. The average molecular weight is 291 g/mol. The van der Waals surface area contributed by atoms with Gasteiger partial charge < -0.3 is 15.2 Å². The molecule has 21 heavy (non-hydrogen) atoms. The minimum Gasteiger partial charge on any atom is -0.489 e. The SMILES string of the molecule is CCC(O)(CC)CNC(=O)c1cccc2c1OC(C)C2C. The van der Waals surface area contributed by atoms with Crippen molar-refractivity contribution in [1.29, 1.82) is 0 Å². The number of rotatable bonds is 5. The van der Waals surface area contributed by atoms with E-state index in [1.807, 2.05) is 32.9 Å². The van der Waals surface area contributed by atoms with Crippen molar-refractivity contribution in [3.05, 3.63) is 29.3 Å². The van der Waals surface area contributed by atoms with Gasteiger partial charge in [0.15, 0.2) is 0 Å². The van der Waals surface area contributed by atoms with Gasteiger partial charge in [0.05, 0.1) is 11.2 Å². The molecule has 4 heteroatoms. The molecule has 1 amide bonds. The first kappa shape index (κ1) is 15.8. The molecular formula is C17H25NO3. The molecule has 116 valence electrons. The van der Waals surface area contributed by atoms with Crippen LogP contribution in [0.5, 0.6) is 5.75 Å². The number of fused-ring (bicyclic) bond motifs is 1. The molecule has 2 unspecified atom stereocenters. The van der Waals surface area contributed by atoms with Crippen LogP contribution in [-0.2, 0) is 0 Å². The molecule has 2 rings (SSSR count). The van der Waals surface area contributed by atoms with Crippen molar-refractivity contribution in [1.82, 2.24) is 5.32 Å². The van der Waals surface area contributed by atoms with Crippen LogP contribution < -0.4 is 10.1 Å². The first-order valence-electron chi connectivity index (χ1n) is 7.72. The lowest BCUT2D eigenvalue weighted by atomic mass is 9.96. The van der Waals surface area contributed by atoms with Gasteiger partial charge in [0.25, 0.3) is 5.91 Å². The largest absolute Gasteiger partial charge is 0.489 e. The fourth-order valence-corrected chi connectivity index (χ4v) is 2.60. The lowest BCUT2D eigenvalue weighted by Crippen LogP contribution is -2.42. The van der Waals surface area contributed by atoms with Crippen LogP contribution >= 0.6 is 0 Å². The Kier molecular flexibility index (Phi) is 4.57. The minimum atomic E-state index is -0.838. The molecule has 1 aliphatic heterocycles. The number of benzene rings is 1. The van der Waals surface area contributed by atoms with E-state index in [1.54, 1.807) is 6.07 Å². The maximum atomic E-state index is 12.4. The quantitative estimate of drug-likeness (QED) is 0.877. The standard InChI is InChI=1S/C17H25NO3/c1-5-17(20,6-2)10-18-16(19)14-9-7-8-13-11(3)12(4)21-15(13)14/h7-9,11-12,20H,5-6,10H2,1-4H3,(H,18,19). The predicted octanol–water partition coefficient (Wildman–Crippen LogP) is 2.85. The second-order valence-electron chi connectivity index (χ2n) is 5.95. The molecular weight excluding hydrogens is 266 g/mol. The number of aliphatic hydroxyl groups is 1. The molecule has 0 fully saturated rings. The lowest BCUT2D eigenvalue weighted by molar-refractivity contribution is 0.0313. The van der Waals surface area contributed by atoms with Crippen LogP contribution in [0.1, 0.15) is 62.4 Å². The number of hydrogen-bond acceptors (Lipinski definition) is 3. The molecule has 0 spiro atoms. The molecule has 2 N–H and O–H groups in total. The molecule has 0 radical (unpaired) electrons. The Labute approximate surface area is 126 Å². The van der Waals surface area contributed by atoms with Gasteiger partial charge in [-0.3, -0.25) is 4.79 Å². The van der Waals surface area contributed by atoms with E-state index < -0.39 is 5.60 Å². The van der Waals surface area contributed by atoms with Crippen molar-refractivity contribution in [3.8, 4) is 5.75 Å². The van der Waals surface area contributed by atoms with Gasteiger partial charge in [-0.25, -0.2) is 0 Å². The highest BCUT2D eigenvalue weighted by molar-refractivity contribution is 5.97. The molecule has 1 aliphatic rings. The summed E-state index contributed by atoms with van der Waals surface area (Å²) in [5.41, 5.74) is 0.796. The number of hydrogen-bond donors (Lipinski definition) is 2. The molecule has 2 atom stereocenters. The molecule has 1 heterocycles. The van der Waals surface area contributed by atoms with Crippen LogP contribution in [-0.4, -0.2) is 29.3 Å². The summed E-state index contributed by atoms with van der Waals surface area (Å²) in [5, 5.41) is 13.1. The van der Waals surface area contributed by atoms with Crippen molar-refractivity contribution in [2.45, 2.75) is 58.2 Å². The number of ether oxygens (including phenoxy) is 1. The van der Waals surface area contributed by atoms with Crippen molar-refractivity contribution >= 4 is 5.91 Å². The number of para-hydroxylation sites is 1. The van der Waals surface area contributed by atoms with E-state index in [1.165, 1.54) is 0 Å². The first-order valence-corrected chi connectivity index (χ1v) is 7.72. The third kappa shape index (κ3) is 3.05. The van der Waals surface area contributed by atoms with Gasteiger partial charge in [-0.05, 0) is 25.8 Å². The Morgan fingerprint density at radius 2 is 2.00 bits per heavy atom.